The van der Waals surface area contributed by atoms with E-state index in [-0.39, 0.29) is 17.9 Å². The third kappa shape index (κ3) is 3.69. The lowest BCUT2D eigenvalue weighted by molar-refractivity contribution is -0.384. The first kappa shape index (κ1) is 20.7. The second kappa shape index (κ2) is 8.29. The van der Waals surface area contributed by atoms with Crippen LogP contribution >= 0.6 is 0 Å². The van der Waals surface area contributed by atoms with E-state index in [1.165, 1.54) is 12.1 Å². The maximum absolute atomic E-state index is 12.9. The van der Waals surface area contributed by atoms with E-state index in [1.807, 2.05) is 0 Å². The Balaban J connectivity index is 2.12. The van der Waals surface area contributed by atoms with Gasteiger partial charge in [-0.25, -0.2) is 14.8 Å². The first-order valence-electron chi connectivity index (χ1n) is 10.5. The predicted octanol–water partition coefficient (Wildman–Crippen LogP) is 4.54. The molecule has 1 aliphatic carbocycles. The van der Waals surface area contributed by atoms with Crippen LogP contribution in [0, 0.1) is 17.0 Å². The number of hydrogen-bond acceptors (Lipinski definition) is 7. The molecule has 0 aliphatic heterocycles. The summed E-state index contributed by atoms with van der Waals surface area (Å²) >= 11 is 0. The van der Waals surface area contributed by atoms with Gasteiger partial charge in [-0.3, -0.25) is 10.1 Å². The Morgan fingerprint density at radius 1 is 1.23 bits per heavy atom. The Morgan fingerprint density at radius 2 is 2.00 bits per heavy atom. The van der Waals surface area contributed by atoms with Crippen molar-refractivity contribution in [3.63, 3.8) is 0 Å². The highest BCUT2D eigenvalue weighted by atomic mass is 16.6. The maximum Gasteiger partial charge on any atom is 0.340 e. The van der Waals surface area contributed by atoms with Crippen molar-refractivity contribution >= 4 is 28.4 Å². The summed E-state index contributed by atoms with van der Waals surface area (Å²) < 4.78 is 5.30. The number of esters is 1. The molecule has 8 heteroatoms. The van der Waals surface area contributed by atoms with Gasteiger partial charge in [0.2, 0.25) is 0 Å². The Hall–Kier alpha value is -3.55. The van der Waals surface area contributed by atoms with E-state index in [0.717, 1.165) is 43.4 Å². The lowest BCUT2D eigenvalue weighted by Gasteiger charge is -2.18. The summed E-state index contributed by atoms with van der Waals surface area (Å²) in [6.45, 7) is 3.64. The van der Waals surface area contributed by atoms with Gasteiger partial charge in [-0.15, -0.1) is 0 Å². The van der Waals surface area contributed by atoms with Gasteiger partial charge in [-0.05, 0) is 50.7 Å². The quantitative estimate of drug-likeness (QED) is 0.284. The molecule has 4 rings (SSSR count). The average molecular weight is 420 g/mol. The number of ether oxygens (including phenoxy) is 1. The standard InChI is InChI=1S/C23H24N4O4/c1-3-31-23(28)18-13(2)25-22-20(19(18)14-8-7-9-15(12-14)27(29)30)21(24)16-10-5-4-6-11-17(16)26-22/h7-9,12H,3-6,10-11H2,1-2H3,(H2,24,25,26). The summed E-state index contributed by atoms with van der Waals surface area (Å²) in [4.78, 5) is 33.3. The molecule has 1 aromatic carbocycles. The highest BCUT2D eigenvalue weighted by Gasteiger charge is 2.26. The van der Waals surface area contributed by atoms with E-state index in [4.69, 9.17) is 15.5 Å². The molecule has 0 spiro atoms. The summed E-state index contributed by atoms with van der Waals surface area (Å²) in [5, 5.41) is 11.9. The minimum Gasteiger partial charge on any atom is -0.462 e. The Morgan fingerprint density at radius 3 is 2.74 bits per heavy atom. The van der Waals surface area contributed by atoms with Gasteiger partial charge in [0.25, 0.3) is 5.69 Å². The zero-order chi connectivity index (χ0) is 22.1. The van der Waals surface area contributed by atoms with Crippen LogP contribution in [0.1, 0.15) is 53.5 Å². The molecule has 2 aromatic heterocycles. The van der Waals surface area contributed by atoms with Gasteiger partial charge in [0.15, 0.2) is 5.65 Å². The highest BCUT2D eigenvalue weighted by Crippen LogP contribution is 2.40. The van der Waals surface area contributed by atoms with Crippen molar-refractivity contribution in [3.05, 3.63) is 56.9 Å². The second-order valence-corrected chi connectivity index (χ2v) is 7.69. The number of nitro groups is 1. The van der Waals surface area contributed by atoms with E-state index < -0.39 is 10.9 Å². The summed E-state index contributed by atoms with van der Waals surface area (Å²) in [7, 11) is 0. The van der Waals surface area contributed by atoms with Crippen LogP contribution in [0.5, 0.6) is 0 Å². The van der Waals surface area contributed by atoms with Crippen LogP contribution in [-0.4, -0.2) is 27.5 Å². The number of non-ortho nitro benzene ring substituents is 1. The van der Waals surface area contributed by atoms with E-state index in [1.54, 1.807) is 26.0 Å². The average Bonchev–Trinajstić information content (AvgIpc) is 2.99. The topological polar surface area (TPSA) is 121 Å². The number of nitro benzene ring substituents is 1. The first-order valence-corrected chi connectivity index (χ1v) is 10.5. The number of carbonyl (C=O) groups is 1. The zero-order valence-corrected chi connectivity index (χ0v) is 17.6. The number of nitrogen functional groups attached to an aromatic ring is 1. The van der Waals surface area contributed by atoms with Gasteiger partial charge in [0.1, 0.15) is 0 Å². The van der Waals surface area contributed by atoms with Gasteiger partial charge >= 0.3 is 5.97 Å². The summed E-state index contributed by atoms with van der Waals surface area (Å²) in [6, 6.07) is 6.19. The fourth-order valence-corrected chi connectivity index (χ4v) is 4.30. The van der Waals surface area contributed by atoms with Crippen LogP contribution in [0.2, 0.25) is 0 Å². The van der Waals surface area contributed by atoms with Crippen molar-refractivity contribution < 1.29 is 14.5 Å². The van der Waals surface area contributed by atoms with Gasteiger partial charge in [-0.1, -0.05) is 18.6 Å². The number of nitrogens with zero attached hydrogens (tertiary/aromatic N) is 3. The van der Waals surface area contributed by atoms with Gasteiger partial charge in [-0.2, -0.15) is 0 Å². The number of pyridine rings is 2. The van der Waals surface area contributed by atoms with Crippen molar-refractivity contribution in [2.75, 3.05) is 12.3 Å². The van der Waals surface area contributed by atoms with Crippen molar-refractivity contribution in [3.8, 4) is 11.1 Å². The molecular formula is C23H24N4O4. The van der Waals surface area contributed by atoms with Gasteiger partial charge < -0.3 is 10.5 Å². The monoisotopic (exact) mass is 420 g/mol. The van der Waals surface area contributed by atoms with E-state index in [9.17, 15) is 14.9 Å². The van der Waals surface area contributed by atoms with Crippen molar-refractivity contribution in [1.29, 1.82) is 0 Å². The first-order chi connectivity index (χ1) is 14.9. The highest BCUT2D eigenvalue weighted by molar-refractivity contribution is 6.11. The van der Waals surface area contributed by atoms with Crippen LogP contribution in [0.15, 0.2) is 24.3 Å². The number of nitrogens with two attached hydrogens (primary N) is 1. The third-order valence-electron chi connectivity index (χ3n) is 5.71. The Bertz CT molecular complexity index is 1210. The van der Waals surface area contributed by atoms with Crippen LogP contribution in [0.3, 0.4) is 0 Å². The molecule has 0 unspecified atom stereocenters. The normalized spacial score (nSPS) is 13.5. The second-order valence-electron chi connectivity index (χ2n) is 7.69. The van der Waals surface area contributed by atoms with E-state index >= 15 is 0 Å². The third-order valence-corrected chi connectivity index (χ3v) is 5.71. The van der Waals surface area contributed by atoms with Gasteiger partial charge in [0, 0.05) is 29.1 Å². The Labute approximate surface area is 179 Å². The predicted molar refractivity (Wildman–Crippen MR) is 118 cm³/mol. The van der Waals surface area contributed by atoms with Gasteiger partial charge in [0.05, 0.1) is 28.2 Å². The molecule has 0 radical (unpaired) electrons. The van der Waals surface area contributed by atoms with Crippen LogP contribution < -0.4 is 5.73 Å². The lowest BCUT2D eigenvalue weighted by Crippen LogP contribution is -2.13. The summed E-state index contributed by atoms with van der Waals surface area (Å²) in [5.41, 5.74) is 11.2. The summed E-state index contributed by atoms with van der Waals surface area (Å²) in [5.74, 6) is -0.537. The van der Waals surface area contributed by atoms with Crippen molar-refractivity contribution in [1.82, 2.24) is 9.97 Å². The number of rotatable bonds is 4. The molecule has 0 saturated heterocycles. The minimum absolute atomic E-state index is 0.0729. The minimum atomic E-state index is -0.537. The number of fused-ring (bicyclic) bond motifs is 2. The molecule has 0 bridgehead atoms. The lowest BCUT2D eigenvalue weighted by atomic mass is 9.92. The van der Waals surface area contributed by atoms with Crippen LogP contribution in [-0.2, 0) is 17.6 Å². The van der Waals surface area contributed by atoms with E-state index in [0.29, 0.717) is 33.5 Å². The van der Waals surface area contributed by atoms with Crippen LogP contribution in [0.4, 0.5) is 11.4 Å². The number of anilines is 1. The van der Waals surface area contributed by atoms with Crippen molar-refractivity contribution in [2.45, 2.75) is 46.0 Å². The number of hydrogen-bond donors (Lipinski definition) is 1. The molecule has 3 aromatic rings. The molecule has 1 aliphatic rings. The Kier molecular flexibility index (Phi) is 5.54. The zero-order valence-electron chi connectivity index (χ0n) is 17.6. The largest absolute Gasteiger partial charge is 0.462 e. The van der Waals surface area contributed by atoms with E-state index in [2.05, 4.69) is 4.98 Å². The molecule has 8 nitrogen and oxygen atoms in total. The molecule has 31 heavy (non-hydrogen) atoms. The molecule has 2 N–H and O–H groups in total. The number of aromatic nitrogens is 2. The molecule has 0 atom stereocenters. The molecular weight excluding hydrogens is 396 g/mol. The maximum atomic E-state index is 12.9. The molecule has 0 amide bonds. The molecule has 0 saturated carbocycles. The van der Waals surface area contributed by atoms with Crippen molar-refractivity contribution in [2.24, 2.45) is 0 Å². The summed E-state index contributed by atoms with van der Waals surface area (Å²) in [6.07, 6.45) is 4.80. The molecule has 0 fully saturated rings. The fraction of sp³-hybridized carbons (Fsp3) is 0.348. The van der Waals surface area contributed by atoms with Crippen LogP contribution in [0.25, 0.3) is 22.2 Å². The smallest absolute Gasteiger partial charge is 0.340 e. The molecule has 160 valence electrons. The molecule has 2 heterocycles. The number of benzene rings is 1. The number of carbonyl (C=O) groups excluding carboxylic acids is 1. The fourth-order valence-electron chi connectivity index (χ4n) is 4.30. The SMILES string of the molecule is CCOC(=O)c1c(C)nc2nc3c(c(N)c2c1-c1cccc([N+](=O)[O-])c1)CCCCC3. The number of aryl methyl sites for hydroxylation is 2.